The first-order valence-corrected chi connectivity index (χ1v) is 12.6. The lowest BCUT2D eigenvalue weighted by Crippen LogP contribution is -2.28. The van der Waals surface area contributed by atoms with Gasteiger partial charge in [0.05, 0.1) is 22.6 Å². The monoisotopic (exact) mass is 477 g/mol. The first kappa shape index (κ1) is 21.7. The van der Waals surface area contributed by atoms with Gasteiger partial charge in [-0.3, -0.25) is 4.79 Å². The Kier molecular flexibility index (Phi) is 6.15. The second-order valence-electron chi connectivity index (χ2n) is 7.70. The van der Waals surface area contributed by atoms with Gasteiger partial charge in [-0.1, -0.05) is 47.7 Å². The van der Waals surface area contributed by atoms with E-state index < -0.39 is 0 Å². The summed E-state index contributed by atoms with van der Waals surface area (Å²) in [6.45, 7) is 4.83. The van der Waals surface area contributed by atoms with Crippen LogP contribution in [0.15, 0.2) is 74.8 Å². The van der Waals surface area contributed by atoms with Crippen LogP contribution in [0.3, 0.4) is 0 Å². The SMILES string of the molecule is CCn1c(SCC(=O)N2N=C(c3ccc(C)cc3)C[C@H]2c2ccco2)nnc1-c1cccs1. The number of hydrogen-bond donors (Lipinski definition) is 0. The minimum atomic E-state index is -0.255. The lowest BCUT2D eigenvalue weighted by Gasteiger charge is -2.19. The first-order chi connectivity index (χ1) is 16.1. The Balaban J connectivity index is 1.36. The summed E-state index contributed by atoms with van der Waals surface area (Å²) in [4.78, 5) is 14.4. The van der Waals surface area contributed by atoms with Crippen LogP contribution in [0.2, 0.25) is 0 Å². The molecule has 0 saturated heterocycles. The highest BCUT2D eigenvalue weighted by Gasteiger charge is 2.35. The lowest BCUT2D eigenvalue weighted by molar-refractivity contribution is -0.130. The number of benzene rings is 1. The quantitative estimate of drug-likeness (QED) is 0.333. The number of furan rings is 1. The van der Waals surface area contributed by atoms with E-state index in [0.29, 0.717) is 6.42 Å². The zero-order valence-electron chi connectivity index (χ0n) is 18.3. The number of thioether (sulfide) groups is 1. The summed E-state index contributed by atoms with van der Waals surface area (Å²) >= 11 is 3.01. The maximum absolute atomic E-state index is 13.3. The Morgan fingerprint density at radius 3 is 2.73 bits per heavy atom. The summed E-state index contributed by atoms with van der Waals surface area (Å²) in [5.41, 5.74) is 3.09. The predicted octanol–water partition coefficient (Wildman–Crippen LogP) is 5.40. The van der Waals surface area contributed by atoms with Gasteiger partial charge in [0.25, 0.3) is 5.91 Å². The molecule has 1 atom stereocenters. The van der Waals surface area contributed by atoms with Crippen LogP contribution in [0.4, 0.5) is 0 Å². The van der Waals surface area contributed by atoms with Gasteiger partial charge in [-0.05, 0) is 43.0 Å². The van der Waals surface area contributed by atoms with Crippen LogP contribution >= 0.6 is 23.1 Å². The van der Waals surface area contributed by atoms with Crippen LogP contribution in [0.1, 0.15) is 36.3 Å². The molecule has 0 fully saturated rings. The highest BCUT2D eigenvalue weighted by Crippen LogP contribution is 2.34. The van der Waals surface area contributed by atoms with Gasteiger partial charge < -0.3 is 8.98 Å². The topological polar surface area (TPSA) is 76.5 Å². The normalized spacial score (nSPS) is 15.8. The summed E-state index contributed by atoms with van der Waals surface area (Å²) in [7, 11) is 0. The van der Waals surface area contributed by atoms with Gasteiger partial charge in [0, 0.05) is 13.0 Å². The molecule has 5 rings (SSSR count). The van der Waals surface area contributed by atoms with E-state index in [-0.39, 0.29) is 17.7 Å². The molecule has 1 amide bonds. The van der Waals surface area contributed by atoms with Crippen LogP contribution in [0.25, 0.3) is 10.7 Å². The molecule has 168 valence electrons. The molecule has 4 heterocycles. The lowest BCUT2D eigenvalue weighted by atomic mass is 10.0. The molecule has 0 spiro atoms. The van der Waals surface area contributed by atoms with Gasteiger partial charge in [-0.15, -0.1) is 21.5 Å². The average molecular weight is 478 g/mol. The van der Waals surface area contributed by atoms with Gasteiger partial charge >= 0.3 is 0 Å². The third kappa shape index (κ3) is 4.38. The zero-order valence-corrected chi connectivity index (χ0v) is 20.0. The molecule has 33 heavy (non-hydrogen) atoms. The number of hydrazone groups is 1. The predicted molar refractivity (Wildman–Crippen MR) is 130 cm³/mol. The number of hydrogen-bond acceptors (Lipinski definition) is 7. The summed E-state index contributed by atoms with van der Waals surface area (Å²) in [5.74, 6) is 1.68. The van der Waals surface area contributed by atoms with Crippen molar-refractivity contribution in [3.05, 3.63) is 77.1 Å². The summed E-state index contributed by atoms with van der Waals surface area (Å²) in [6.07, 6.45) is 2.24. The highest BCUT2D eigenvalue weighted by molar-refractivity contribution is 7.99. The van der Waals surface area contributed by atoms with Gasteiger partial charge in [-0.25, -0.2) is 5.01 Å². The Bertz CT molecular complexity index is 1260. The molecule has 9 heteroatoms. The van der Waals surface area contributed by atoms with Gasteiger partial charge in [0.1, 0.15) is 11.8 Å². The second-order valence-corrected chi connectivity index (χ2v) is 9.59. The van der Waals surface area contributed by atoms with Crippen molar-refractivity contribution in [2.75, 3.05) is 5.75 Å². The molecule has 3 aromatic heterocycles. The van der Waals surface area contributed by atoms with Crippen molar-refractivity contribution < 1.29 is 9.21 Å². The molecule has 0 unspecified atom stereocenters. The third-order valence-electron chi connectivity index (χ3n) is 5.52. The molecule has 1 aliphatic heterocycles. The molecule has 4 aromatic rings. The van der Waals surface area contributed by atoms with E-state index in [1.807, 2.05) is 46.3 Å². The number of carbonyl (C=O) groups is 1. The van der Waals surface area contributed by atoms with E-state index in [1.165, 1.54) is 17.3 Å². The van der Waals surface area contributed by atoms with Crippen molar-refractivity contribution in [3.8, 4) is 10.7 Å². The van der Waals surface area contributed by atoms with Crippen molar-refractivity contribution in [3.63, 3.8) is 0 Å². The molecule has 0 bridgehead atoms. The summed E-state index contributed by atoms with van der Waals surface area (Å²) in [5, 5.41) is 17.7. The smallest absolute Gasteiger partial charge is 0.253 e. The number of nitrogens with zero attached hydrogens (tertiary/aromatic N) is 5. The molecule has 7 nitrogen and oxygen atoms in total. The van der Waals surface area contributed by atoms with Crippen molar-refractivity contribution >= 4 is 34.7 Å². The number of aryl methyl sites for hydroxylation is 1. The van der Waals surface area contributed by atoms with Gasteiger partial charge in [0.2, 0.25) is 0 Å². The second kappa shape index (κ2) is 9.36. The number of aromatic nitrogens is 3. The maximum atomic E-state index is 13.3. The largest absolute Gasteiger partial charge is 0.467 e. The third-order valence-corrected chi connectivity index (χ3v) is 7.34. The van der Waals surface area contributed by atoms with Crippen LogP contribution in [0, 0.1) is 6.92 Å². The standard InChI is InChI=1S/C24H23N5O2S2/c1-3-28-23(21-7-5-13-32-21)25-26-24(28)33-15-22(30)29-19(20-6-4-12-31-20)14-18(27-29)17-10-8-16(2)9-11-17/h4-13,19H,3,14-15H2,1-2H3/t19-/m0/s1. The van der Waals surface area contributed by atoms with Crippen molar-refractivity contribution in [2.24, 2.45) is 5.10 Å². The number of thiophene rings is 1. The summed E-state index contributed by atoms with van der Waals surface area (Å²) in [6, 6.07) is 15.7. The molecular weight excluding hydrogens is 454 g/mol. The van der Waals surface area contributed by atoms with Crippen LogP contribution in [-0.4, -0.2) is 37.1 Å². The highest BCUT2D eigenvalue weighted by atomic mass is 32.2. The van der Waals surface area contributed by atoms with E-state index in [1.54, 1.807) is 22.6 Å². The number of rotatable bonds is 7. The van der Waals surface area contributed by atoms with Crippen LogP contribution < -0.4 is 0 Å². The van der Waals surface area contributed by atoms with E-state index in [2.05, 4.69) is 36.2 Å². The van der Waals surface area contributed by atoms with E-state index in [9.17, 15) is 4.79 Å². The average Bonchev–Trinajstić information content (AvgIpc) is 3.62. The Morgan fingerprint density at radius 1 is 1.18 bits per heavy atom. The van der Waals surface area contributed by atoms with Gasteiger partial charge in [-0.2, -0.15) is 5.10 Å². The molecule has 0 saturated carbocycles. The Labute approximate surface area is 200 Å². The molecule has 1 aliphatic rings. The molecule has 0 radical (unpaired) electrons. The van der Waals surface area contributed by atoms with Crippen molar-refractivity contribution in [1.29, 1.82) is 0 Å². The zero-order chi connectivity index (χ0) is 22.8. The van der Waals surface area contributed by atoms with E-state index >= 15 is 0 Å². The number of amides is 1. The Hall–Kier alpha value is -3.17. The Morgan fingerprint density at radius 2 is 2.03 bits per heavy atom. The fourth-order valence-corrected chi connectivity index (χ4v) is 5.40. The maximum Gasteiger partial charge on any atom is 0.253 e. The summed E-state index contributed by atoms with van der Waals surface area (Å²) < 4.78 is 7.69. The molecule has 0 N–H and O–H groups in total. The number of carbonyl (C=O) groups excluding carboxylic acids is 1. The minimum absolute atomic E-state index is 0.0909. The minimum Gasteiger partial charge on any atom is -0.467 e. The van der Waals surface area contributed by atoms with Gasteiger partial charge in [0.15, 0.2) is 11.0 Å². The van der Waals surface area contributed by atoms with Crippen LogP contribution in [-0.2, 0) is 11.3 Å². The molecule has 1 aromatic carbocycles. The van der Waals surface area contributed by atoms with Crippen molar-refractivity contribution in [1.82, 2.24) is 19.8 Å². The first-order valence-electron chi connectivity index (χ1n) is 10.7. The van der Waals surface area contributed by atoms with E-state index in [0.717, 1.165) is 39.4 Å². The molecular formula is C24H23N5O2S2. The van der Waals surface area contributed by atoms with Crippen LogP contribution in [0.5, 0.6) is 0 Å². The van der Waals surface area contributed by atoms with Crippen molar-refractivity contribution in [2.45, 2.75) is 38.0 Å². The fourth-order valence-electron chi connectivity index (χ4n) is 3.82. The fraction of sp³-hybridized carbons (Fsp3) is 0.250. The van der Waals surface area contributed by atoms with E-state index in [4.69, 9.17) is 9.52 Å². The molecule has 0 aliphatic carbocycles.